The number of carbonyl (C=O) groups excluding carboxylic acids is 1. The van der Waals surface area contributed by atoms with Crippen LogP contribution in [0, 0.1) is 5.92 Å². The molecule has 3 aromatic rings. The van der Waals surface area contributed by atoms with Crippen LogP contribution in [0.3, 0.4) is 0 Å². The highest BCUT2D eigenvalue weighted by molar-refractivity contribution is 5.82. The first-order chi connectivity index (χ1) is 12.3. The minimum atomic E-state index is 0.247. The summed E-state index contributed by atoms with van der Waals surface area (Å²) in [7, 11) is 0. The second-order valence-electron chi connectivity index (χ2n) is 6.70. The van der Waals surface area contributed by atoms with Gasteiger partial charge >= 0.3 is 0 Å². The van der Waals surface area contributed by atoms with Gasteiger partial charge in [0, 0.05) is 30.9 Å². The van der Waals surface area contributed by atoms with Crippen molar-refractivity contribution in [3.8, 4) is 11.4 Å². The Morgan fingerprint density at radius 1 is 1.16 bits per heavy atom. The number of carbonyl (C=O) groups is 1. The van der Waals surface area contributed by atoms with Gasteiger partial charge in [-0.05, 0) is 36.6 Å². The van der Waals surface area contributed by atoms with Crippen LogP contribution in [0.25, 0.3) is 22.4 Å². The first-order valence-corrected chi connectivity index (χ1v) is 8.89. The van der Waals surface area contributed by atoms with Gasteiger partial charge in [0.15, 0.2) is 0 Å². The number of aromatic nitrogens is 3. The van der Waals surface area contributed by atoms with Crippen molar-refractivity contribution in [3.05, 3.63) is 48.8 Å². The second kappa shape index (κ2) is 6.67. The van der Waals surface area contributed by atoms with Crippen LogP contribution in [0.5, 0.6) is 0 Å². The van der Waals surface area contributed by atoms with E-state index in [4.69, 9.17) is 4.98 Å². The van der Waals surface area contributed by atoms with E-state index in [-0.39, 0.29) is 5.91 Å². The van der Waals surface area contributed by atoms with Crippen LogP contribution >= 0.6 is 0 Å². The van der Waals surface area contributed by atoms with Gasteiger partial charge in [0.1, 0.15) is 5.82 Å². The molecule has 4 rings (SSSR count). The van der Waals surface area contributed by atoms with E-state index in [0.717, 1.165) is 41.8 Å². The lowest BCUT2D eigenvalue weighted by Gasteiger charge is -2.19. The molecule has 1 saturated heterocycles. The van der Waals surface area contributed by atoms with Crippen molar-refractivity contribution in [2.45, 2.75) is 32.9 Å². The van der Waals surface area contributed by atoms with Crippen LogP contribution in [0.4, 0.5) is 0 Å². The summed E-state index contributed by atoms with van der Waals surface area (Å²) in [6, 6.07) is 12.0. The van der Waals surface area contributed by atoms with Crippen LogP contribution in [-0.2, 0) is 11.5 Å². The zero-order valence-corrected chi connectivity index (χ0v) is 14.4. The molecule has 2 aromatic heterocycles. The summed E-state index contributed by atoms with van der Waals surface area (Å²) in [5.41, 5.74) is 3.02. The van der Waals surface area contributed by atoms with Crippen molar-refractivity contribution in [1.82, 2.24) is 19.4 Å². The van der Waals surface area contributed by atoms with E-state index in [1.54, 1.807) is 12.4 Å². The normalized spacial score (nSPS) is 17.6. The lowest BCUT2D eigenvalue weighted by atomic mass is 10.0. The fourth-order valence-corrected chi connectivity index (χ4v) is 3.70. The SMILES string of the molecule is CCCC1CC(=O)N(Cn2c(-c3ccncc3)nc3ccccc32)C1. The van der Waals surface area contributed by atoms with E-state index in [0.29, 0.717) is 19.0 Å². The number of benzene rings is 1. The monoisotopic (exact) mass is 334 g/mol. The average Bonchev–Trinajstić information content (AvgIpc) is 3.17. The molecule has 1 fully saturated rings. The Morgan fingerprint density at radius 2 is 1.96 bits per heavy atom. The molecule has 0 N–H and O–H groups in total. The Bertz CT molecular complexity index is 887. The first-order valence-electron chi connectivity index (χ1n) is 8.89. The molecule has 1 aromatic carbocycles. The largest absolute Gasteiger partial charge is 0.324 e. The van der Waals surface area contributed by atoms with E-state index in [2.05, 4.69) is 22.5 Å². The number of likely N-dealkylation sites (tertiary alicyclic amines) is 1. The summed E-state index contributed by atoms with van der Waals surface area (Å²) in [4.78, 5) is 23.3. The topological polar surface area (TPSA) is 51.0 Å². The Balaban J connectivity index is 1.72. The van der Waals surface area contributed by atoms with Crippen LogP contribution in [-0.4, -0.2) is 31.9 Å². The van der Waals surface area contributed by atoms with Gasteiger partial charge in [-0.25, -0.2) is 4.98 Å². The molecular formula is C20H22N4O. The van der Waals surface area contributed by atoms with Gasteiger partial charge < -0.3 is 9.47 Å². The maximum atomic E-state index is 12.5. The maximum Gasteiger partial charge on any atom is 0.224 e. The molecule has 1 amide bonds. The van der Waals surface area contributed by atoms with Gasteiger partial charge in [-0.1, -0.05) is 25.5 Å². The standard InChI is InChI=1S/C20H22N4O/c1-2-5-15-12-19(25)23(13-15)14-24-18-7-4-3-6-17(18)22-20(24)16-8-10-21-11-9-16/h3-4,6-11,15H,2,5,12-14H2,1H3. The highest BCUT2D eigenvalue weighted by atomic mass is 16.2. The van der Waals surface area contributed by atoms with Gasteiger partial charge in [-0.15, -0.1) is 0 Å². The number of nitrogens with zero attached hydrogens (tertiary/aromatic N) is 4. The predicted molar refractivity (Wildman–Crippen MR) is 97.7 cm³/mol. The predicted octanol–water partition coefficient (Wildman–Crippen LogP) is 3.70. The average molecular weight is 334 g/mol. The summed E-state index contributed by atoms with van der Waals surface area (Å²) in [5.74, 6) is 1.61. The molecule has 0 aliphatic carbocycles. The van der Waals surface area contributed by atoms with Gasteiger partial charge in [0.25, 0.3) is 0 Å². The number of amides is 1. The molecule has 5 nitrogen and oxygen atoms in total. The molecule has 3 heterocycles. The van der Waals surface area contributed by atoms with Gasteiger partial charge in [-0.3, -0.25) is 9.78 Å². The third-order valence-corrected chi connectivity index (χ3v) is 4.90. The molecule has 0 bridgehead atoms. The lowest BCUT2D eigenvalue weighted by molar-refractivity contribution is -0.129. The smallest absolute Gasteiger partial charge is 0.224 e. The van der Waals surface area contributed by atoms with Crippen LogP contribution in [0.1, 0.15) is 26.2 Å². The molecule has 0 spiro atoms. The van der Waals surface area contributed by atoms with E-state index < -0.39 is 0 Å². The summed E-state index contributed by atoms with van der Waals surface area (Å²) in [6.07, 6.45) is 6.46. The molecule has 5 heteroatoms. The van der Waals surface area contributed by atoms with Gasteiger partial charge in [0.05, 0.1) is 17.7 Å². The fraction of sp³-hybridized carbons (Fsp3) is 0.350. The molecule has 1 aliphatic rings. The summed E-state index contributed by atoms with van der Waals surface area (Å²) < 4.78 is 2.15. The maximum absolute atomic E-state index is 12.5. The highest BCUT2D eigenvalue weighted by Crippen LogP contribution is 2.28. The summed E-state index contributed by atoms with van der Waals surface area (Å²) in [5, 5.41) is 0. The zero-order chi connectivity index (χ0) is 17.2. The zero-order valence-electron chi connectivity index (χ0n) is 14.4. The second-order valence-corrected chi connectivity index (χ2v) is 6.70. The van der Waals surface area contributed by atoms with Crippen molar-refractivity contribution >= 4 is 16.9 Å². The Labute approximate surface area is 147 Å². The fourth-order valence-electron chi connectivity index (χ4n) is 3.70. The van der Waals surface area contributed by atoms with Crippen molar-refractivity contribution in [1.29, 1.82) is 0 Å². The van der Waals surface area contributed by atoms with Crippen molar-refractivity contribution in [2.24, 2.45) is 5.92 Å². The minimum absolute atomic E-state index is 0.247. The molecule has 128 valence electrons. The molecule has 25 heavy (non-hydrogen) atoms. The minimum Gasteiger partial charge on any atom is -0.324 e. The van der Waals surface area contributed by atoms with E-state index >= 15 is 0 Å². The van der Waals surface area contributed by atoms with Gasteiger partial charge in [0.2, 0.25) is 5.91 Å². The molecule has 1 atom stereocenters. The number of para-hydroxylation sites is 2. The number of pyridine rings is 1. The van der Waals surface area contributed by atoms with Crippen LogP contribution < -0.4 is 0 Å². The Hall–Kier alpha value is -2.69. The Kier molecular flexibility index (Phi) is 4.22. The van der Waals surface area contributed by atoms with E-state index in [1.165, 1.54) is 0 Å². The van der Waals surface area contributed by atoms with Crippen molar-refractivity contribution in [3.63, 3.8) is 0 Å². The first kappa shape index (κ1) is 15.8. The molecule has 1 unspecified atom stereocenters. The number of imidazole rings is 1. The number of fused-ring (bicyclic) bond motifs is 1. The number of hydrogen-bond donors (Lipinski definition) is 0. The van der Waals surface area contributed by atoms with Crippen molar-refractivity contribution in [2.75, 3.05) is 6.54 Å². The van der Waals surface area contributed by atoms with E-state index in [9.17, 15) is 4.79 Å². The van der Waals surface area contributed by atoms with Gasteiger partial charge in [-0.2, -0.15) is 0 Å². The van der Waals surface area contributed by atoms with Crippen LogP contribution in [0.2, 0.25) is 0 Å². The summed E-state index contributed by atoms with van der Waals surface area (Å²) >= 11 is 0. The number of rotatable bonds is 5. The molecular weight excluding hydrogens is 312 g/mol. The quantitative estimate of drug-likeness (QED) is 0.715. The number of hydrogen-bond acceptors (Lipinski definition) is 3. The Morgan fingerprint density at radius 3 is 2.76 bits per heavy atom. The molecule has 0 saturated carbocycles. The third-order valence-electron chi connectivity index (χ3n) is 4.90. The highest BCUT2D eigenvalue weighted by Gasteiger charge is 2.29. The lowest BCUT2D eigenvalue weighted by Crippen LogP contribution is -2.28. The molecule has 0 radical (unpaired) electrons. The molecule has 1 aliphatic heterocycles. The summed E-state index contributed by atoms with van der Waals surface area (Å²) in [6.45, 7) is 3.57. The van der Waals surface area contributed by atoms with Crippen LogP contribution in [0.15, 0.2) is 48.8 Å². The van der Waals surface area contributed by atoms with Crippen molar-refractivity contribution < 1.29 is 4.79 Å². The third kappa shape index (κ3) is 3.02. The van der Waals surface area contributed by atoms with E-state index in [1.807, 2.05) is 35.2 Å².